The molecule has 5 nitrogen and oxygen atoms in total. The molecule has 0 saturated carbocycles. The van der Waals surface area contributed by atoms with E-state index < -0.39 is 0 Å². The SMILES string of the molecule is CCCCCCCCCOc1ccc(N=Nc2ccc(C(=O)O[C@@H](C)c3ccccc3)cc2)cc1. The molecule has 0 aliphatic carbocycles. The summed E-state index contributed by atoms with van der Waals surface area (Å²) in [4.78, 5) is 12.4. The zero-order valence-electron chi connectivity index (χ0n) is 20.9. The number of unbranched alkanes of at least 4 members (excludes halogenated alkanes) is 6. The van der Waals surface area contributed by atoms with Crippen LogP contribution in [0.25, 0.3) is 0 Å². The van der Waals surface area contributed by atoms with Crippen molar-refractivity contribution in [3.05, 3.63) is 90.0 Å². The molecule has 0 aliphatic rings. The molecule has 0 aliphatic heterocycles. The van der Waals surface area contributed by atoms with E-state index in [1.54, 1.807) is 24.3 Å². The number of rotatable bonds is 14. The standard InChI is InChI=1S/C30H36N2O3/c1-3-4-5-6-7-8-12-23-34-29-21-19-28(20-22-29)32-31-27-17-15-26(16-18-27)30(33)35-24(2)25-13-10-9-11-14-25/h9-11,13-22,24H,3-8,12,23H2,1-2H3/t24-/m0/s1. The molecule has 3 aromatic rings. The number of esters is 1. The van der Waals surface area contributed by atoms with E-state index in [2.05, 4.69) is 17.2 Å². The molecule has 0 saturated heterocycles. The molecule has 35 heavy (non-hydrogen) atoms. The number of benzene rings is 3. The fourth-order valence-electron chi connectivity index (χ4n) is 3.66. The van der Waals surface area contributed by atoms with Gasteiger partial charge in [0.1, 0.15) is 11.9 Å². The second-order valence-electron chi connectivity index (χ2n) is 8.67. The fraction of sp³-hybridized carbons (Fsp3) is 0.367. The minimum atomic E-state index is -0.364. The van der Waals surface area contributed by atoms with Crippen LogP contribution in [0.3, 0.4) is 0 Å². The first-order valence-electron chi connectivity index (χ1n) is 12.7. The van der Waals surface area contributed by atoms with Crippen molar-refractivity contribution >= 4 is 17.3 Å². The summed E-state index contributed by atoms with van der Waals surface area (Å²) in [6.07, 6.45) is 8.58. The van der Waals surface area contributed by atoms with E-state index in [1.165, 1.54) is 38.5 Å². The third-order valence-corrected chi connectivity index (χ3v) is 5.79. The topological polar surface area (TPSA) is 60.2 Å². The molecular formula is C30H36N2O3. The van der Waals surface area contributed by atoms with Gasteiger partial charge in [-0.05, 0) is 67.4 Å². The predicted molar refractivity (Wildman–Crippen MR) is 141 cm³/mol. The number of ether oxygens (including phenoxy) is 2. The van der Waals surface area contributed by atoms with Crippen molar-refractivity contribution < 1.29 is 14.3 Å². The molecule has 0 fully saturated rings. The summed E-state index contributed by atoms with van der Waals surface area (Å²) < 4.78 is 11.4. The molecule has 0 radical (unpaired) electrons. The van der Waals surface area contributed by atoms with Crippen LogP contribution in [0.5, 0.6) is 5.75 Å². The van der Waals surface area contributed by atoms with Gasteiger partial charge in [-0.3, -0.25) is 0 Å². The van der Waals surface area contributed by atoms with Crippen LogP contribution in [0, 0.1) is 0 Å². The van der Waals surface area contributed by atoms with Gasteiger partial charge in [0, 0.05) is 0 Å². The molecule has 1 atom stereocenters. The molecule has 184 valence electrons. The van der Waals surface area contributed by atoms with Crippen LogP contribution in [0.1, 0.15) is 80.8 Å². The number of carbonyl (C=O) groups excluding carboxylic acids is 1. The van der Waals surface area contributed by atoms with Gasteiger partial charge in [0.05, 0.1) is 23.5 Å². The maximum atomic E-state index is 12.4. The maximum Gasteiger partial charge on any atom is 0.338 e. The molecule has 3 rings (SSSR count). The number of carbonyl (C=O) groups is 1. The molecule has 0 heterocycles. The summed E-state index contributed by atoms with van der Waals surface area (Å²) in [5, 5.41) is 8.54. The first-order chi connectivity index (χ1) is 17.2. The number of azo groups is 1. The summed E-state index contributed by atoms with van der Waals surface area (Å²) in [5.41, 5.74) is 2.85. The first kappa shape index (κ1) is 26.1. The zero-order valence-corrected chi connectivity index (χ0v) is 20.9. The van der Waals surface area contributed by atoms with Crippen molar-refractivity contribution in [2.75, 3.05) is 6.61 Å². The van der Waals surface area contributed by atoms with Gasteiger partial charge in [-0.1, -0.05) is 75.8 Å². The van der Waals surface area contributed by atoms with Gasteiger partial charge < -0.3 is 9.47 Å². The van der Waals surface area contributed by atoms with Gasteiger partial charge in [-0.25, -0.2) is 4.79 Å². The summed E-state index contributed by atoms with van der Waals surface area (Å²) in [6, 6.07) is 24.2. The van der Waals surface area contributed by atoms with Gasteiger partial charge in [0.25, 0.3) is 0 Å². The average molecular weight is 473 g/mol. The van der Waals surface area contributed by atoms with Crippen molar-refractivity contribution in [2.45, 2.75) is 64.9 Å². The molecule has 5 heteroatoms. The summed E-state index contributed by atoms with van der Waals surface area (Å²) in [6.45, 7) is 4.85. The summed E-state index contributed by atoms with van der Waals surface area (Å²) >= 11 is 0. The Morgan fingerprint density at radius 3 is 1.94 bits per heavy atom. The van der Waals surface area contributed by atoms with Gasteiger partial charge in [0.15, 0.2) is 0 Å². The molecular weight excluding hydrogens is 436 g/mol. The Morgan fingerprint density at radius 2 is 1.31 bits per heavy atom. The molecule has 0 bridgehead atoms. The minimum Gasteiger partial charge on any atom is -0.494 e. The second kappa shape index (κ2) is 14.7. The predicted octanol–water partition coefficient (Wildman–Crippen LogP) is 9.15. The van der Waals surface area contributed by atoms with Crippen molar-refractivity contribution in [3.63, 3.8) is 0 Å². The number of hydrogen-bond donors (Lipinski definition) is 0. The van der Waals surface area contributed by atoms with E-state index in [9.17, 15) is 4.79 Å². The lowest BCUT2D eigenvalue weighted by Gasteiger charge is -2.13. The Morgan fingerprint density at radius 1 is 0.743 bits per heavy atom. The van der Waals surface area contributed by atoms with E-state index in [0.29, 0.717) is 11.3 Å². The van der Waals surface area contributed by atoms with Crippen LogP contribution in [0.15, 0.2) is 89.1 Å². The second-order valence-corrected chi connectivity index (χ2v) is 8.67. The minimum absolute atomic E-state index is 0.314. The third kappa shape index (κ3) is 9.36. The van der Waals surface area contributed by atoms with Crippen LogP contribution in [0.4, 0.5) is 11.4 Å². The lowest BCUT2D eigenvalue weighted by molar-refractivity contribution is 0.0338. The van der Waals surface area contributed by atoms with E-state index in [0.717, 1.165) is 30.0 Å². The Bertz CT molecular complexity index is 1030. The fourth-order valence-corrected chi connectivity index (χ4v) is 3.66. The highest BCUT2D eigenvalue weighted by molar-refractivity contribution is 5.89. The Balaban J connectivity index is 1.41. The van der Waals surface area contributed by atoms with Crippen LogP contribution in [0.2, 0.25) is 0 Å². The van der Waals surface area contributed by atoms with Crippen molar-refractivity contribution in [2.24, 2.45) is 10.2 Å². The highest BCUT2D eigenvalue weighted by Crippen LogP contribution is 2.23. The van der Waals surface area contributed by atoms with Crippen molar-refractivity contribution in [1.29, 1.82) is 0 Å². The molecule has 3 aromatic carbocycles. The van der Waals surface area contributed by atoms with E-state index >= 15 is 0 Å². The molecule has 0 aromatic heterocycles. The van der Waals surface area contributed by atoms with Crippen molar-refractivity contribution in [1.82, 2.24) is 0 Å². The van der Waals surface area contributed by atoms with Crippen LogP contribution in [-0.4, -0.2) is 12.6 Å². The monoisotopic (exact) mass is 472 g/mol. The number of nitrogens with zero attached hydrogens (tertiary/aromatic N) is 2. The highest BCUT2D eigenvalue weighted by Gasteiger charge is 2.13. The van der Waals surface area contributed by atoms with Gasteiger partial charge >= 0.3 is 5.97 Å². The summed E-state index contributed by atoms with van der Waals surface area (Å²) in [7, 11) is 0. The summed E-state index contributed by atoms with van der Waals surface area (Å²) in [5.74, 6) is 0.486. The Kier molecular flexibility index (Phi) is 11.0. The van der Waals surface area contributed by atoms with Crippen LogP contribution >= 0.6 is 0 Å². The normalized spacial score (nSPS) is 11.9. The lowest BCUT2D eigenvalue weighted by atomic mass is 10.1. The zero-order chi connectivity index (χ0) is 24.7. The van der Waals surface area contributed by atoms with Gasteiger partial charge in [-0.2, -0.15) is 10.2 Å². The number of hydrogen-bond acceptors (Lipinski definition) is 5. The molecule has 0 spiro atoms. The maximum absolute atomic E-state index is 12.4. The molecule has 0 N–H and O–H groups in total. The molecule has 0 unspecified atom stereocenters. The first-order valence-corrected chi connectivity index (χ1v) is 12.7. The van der Waals surface area contributed by atoms with E-state index in [4.69, 9.17) is 9.47 Å². The van der Waals surface area contributed by atoms with E-state index in [-0.39, 0.29) is 12.1 Å². The average Bonchev–Trinajstić information content (AvgIpc) is 2.90. The van der Waals surface area contributed by atoms with Gasteiger partial charge in [0.2, 0.25) is 0 Å². The smallest absolute Gasteiger partial charge is 0.338 e. The Labute approximate surface area is 209 Å². The lowest BCUT2D eigenvalue weighted by Crippen LogP contribution is -2.08. The highest BCUT2D eigenvalue weighted by atomic mass is 16.5. The van der Waals surface area contributed by atoms with Gasteiger partial charge in [-0.15, -0.1) is 0 Å². The Hall–Kier alpha value is -3.47. The third-order valence-electron chi connectivity index (χ3n) is 5.79. The molecule has 0 amide bonds. The van der Waals surface area contributed by atoms with Crippen LogP contribution < -0.4 is 4.74 Å². The quantitative estimate of drug-likeness (QED) is 0.133. The van der Waals surface area contributed by atoms with Crippen LogP contribution in [-0.2, 0) is 4.74 Å². The largest absolute Gasteiger partial charge is 0.494 e. The van der Waals surface area contributed by atoms with Crippen molar-refractivity contribution in [3.8, 4) is 5.75 Å². The van der Waals surface area contributed by atoms with E-state index in [1.807, 2.05) is 61.5 Å².